The van der Waals surface area contributed by atoms with Crippen LogP contribution in [0.4, 0.5) is 0 Å². The Bertz CT molecular complexity index is 161. The van der Waals surface area contributed by atoms with Gasteiger partial charge in [0.2, 0.25) is 0 Å². The number of nitrogens with two attached hydrogens (primary N) is 1. The van der Waals surface area contributed by atoms with Crippen LogP contribution in [0.15, 0.2) is 0 Å². The van der Waals surface area contributed by atoms with Gasteiger partial charge in [-0.2, -0.15) is 0 Å². The highest BCUT2D eigenvalue weighted by molar-refractivity contribution is 5.77. The molecule has 1 aliphatic rings. The van der Waals surface area contributed by atoms with Crippen LogP contribution in [0.3, 0.4) is 0 Å². The molecule has 0 amide bonds. The van der Waals surface area contributed by atoms with Crippen molar-refractivity contribution in [3.63, 3.8) is 0 Å². The number of carbonyl (C=O) groups is 1. The first-order chi connectivity index (χ1) is 5.16. The van der Waals surface area contributed by atoms with E-state index in [9.17, 15) is 4.79 Å². The minimum absolute atomic E-state index is 0.121. The molecule has 0 saturated carbocycles. The smallest absolute Gasteiger partial charge is 0.338 e. The molecule has 0 aromatic heterocycles. The van der Waals surface area contributed by atoms with Crippen LogP contribution < -0.4 is 5.90 Å². The zero-order chi connectivity index (χ0) is 8.43. The summed E-state index contributed by atoms with van der Waals surface area (Å²) in [6, 6.07) is 0. The van der Waals surface area contributed by atoms with Gasteiger partial charge in [-0.1, -0.05) is 0 Å². The minimum Gasteiger partial charge on any atom is -0.455 e. The molecule has 0 spiro atoms. The van der Waals surface area contributed by atoms with E-state index < -0.39 is 24.3 Å². The fourth-order valence-corrected chi connectivity index (χ4v) is 0.859. The lowest BCUT2D eigenvalue weighted by atomic mass is 10.1. The second-order valence-electron chi connectivity index (χ2n) is 2.24. The van der Waals surface area contributed by atoms with Crippen LogP contribution in [-0.2, 0) is 14.4 Å². The van der Waals surface area contributed by atoms with Crippen LogP contribution in [0.5, 0.6) is 0 Å². The SMILES string of the molecule is NOC[C@H]1OC(=O)[C@H](O)[C@@H]1O. The summed E-state index contributed by atoms with van der Waals surface area (Å²) in [7, 11) is 0. The second-order valence-corrected chi connectivity index (χ2v) is 2.24. The predicted molar refractivity (Wildman–Crippen MR) is 32.0 cm³/mol. The summed E-state index contributed by atoms with van der Waals surface area (Å²) in [6.07, 6.45) is -3.58. The molecule has 3 atom stereocenters. The van der Waals surface area contributed by atoms with E-state index in [1.54, 1.807) is 0 Å². The van der Waals surface area contributed by atoms with Gasteiger partial charge in [-0.15, -0.1) is 0 Å². The van der Waals surface area contributed by atoms with E-state index in [-0.39, 0.29) is 6.61 Å². The number of hydrogen-bond donors (Lipinski definition) is 3. The second kappa shape index (κ2) is 3.14. The number of aliphatic hydroxyl groups is 2. The number of ether oxygens (including phenoxy) is 1. The molecule has 1 heterocycles. The molecule has 4 N–H and O–H groups in total. The first-order valence-corrected chi connectivity index (χ1v) is 3.05. The highest BCUT2D eigenvalue weighted by Crippen LogP contribution is 2.15. The molecule has 0 aromatic rings. The maximum absolute atomic E-state index is 10.5. The van der Waals surface area contributed by atoms with Gasteiger partial charge in [-0.05, 0) is 0 Å². The Morgan fingerprint density at radius 1 is 1.64 bits per heavy atom. The van der Waals surface area contributed by atoms with Crippen LogP contribution in [0.2, 0.25) is 0 Å². The average Bonchev–Trinajstić information content (AvgIpc) is 2.19. The van der Waals surface area contributed by atoms with Gasteiger partial charge < -0.3 is 19.8 Å². The third-order valence-corrected chi connectivity index (χ3v) is 1.47. The molecule has 0 radical (unpaired) electrons. The summed E-state index contributed by atoms with van der Waals surface area (Å²) in [6.45, 7) is -0.121. The van der Waals surface area contributed by atoms with Crippen LogP contribution in [-0.4, -0.2) is 41.1 Å². The van der Waals surface area contributed by atoms with Crippen molar-refractivity contribution in [2.24, 2.45) is 5.90 Å². The summed E-state index contributed by atoms with van der Waals surface area (Å²) < 4.78 is 4.48. The molecular weight excluding hydrogens is 154 g/mol. The third kappa shape index (κ3) is 1.48. The number of rotatable bonds is 2. The molecule has 64 valence electrons. The van der Waals surface area contributed by atoms with Gasteiger partial charge in [0.1, 0.15) is 12.7 Å². The number of hydrogen-bond acceptors (Lipinski definition) is 6. The van der Waals surface area contributed by atoms with Gasteiger partial charge in [0.25, 0.3) is 0 Å². The predicted octanol–water partition coefficient (Wildman–Crippen LogP) is -2.48. The van der Waals surface area contributed by atoms with Crippen LogP contribution >= 0.6 is 0 Å². The lowest BCUT2D eigenvalue weighted by Gasteiger charge is -2.10. The monoisotopic (exact) mass is 163 g/mol. The number of cyclic esters (lactones) is 1. The molecule has 0 unspecified atom stereocenters. The zero-order valence-electron chi connectivity index (χ0n) is 5.64. The van der Waals surface area contributed by atoms with Crippen molar-refractivity contribution < 1.29 is 24.6 Å². The summed E-state index contributed by atoms with van der Waals surface area (Å²) in [5.41, 5.74) is 0. The van der Waals surface area contributed by atoms with E-state index in [4.69, 9.17) is 10.2 Å². The lowest BCUT2D eigenvalue weighted by Crippen LogP contribution is -2.34. The topological polar surface area (TPSA) is 102 Å². The molecule has 1 aliphatic heterocycles. The Balaban J connectivity index is 2.52. The Labute approximate surface area is 62.5 Å². The van der Waals surface area contributed by atoms with Gasteiger partial charge >= 0.3 is 5.97 Å². The van der Waals surface area contributed by atoms with E-state index in [2.05, 4.69) is 15.5 Å². The number of esters is 1. The van der Waals surface area contributed by atoms with Gasteiger partial charge in [0, 0.05) is 0 Å². The fourth-order valence-electron chi connectivity index (χ4n) is 0.859. The molecule has 6 heteroatoms. The Morgan fingerprint density at radius 3 is 2.64 bits per heavy atom. The molecular formula is C5H9NO5. The lowest BCUT2D eigenvalue weighted by molar-refractivity contribution is -0.148. The third-order valence-electron chi connectivity index (χ3n) is 1.47. The van der Waals surface area contributed by atoms with Gasteiger partial charge in [0.05, 0.1) is 0 Å². The molecule has 0 aromatic carbocycles. The van der Waals surface area contributed by atoms with Gasteiger partial charge in [0.15, 0.2) is 12.2 Å². The van der Waals surface area contributed by atoms with Crippen molar-refractivity contribution in [1.82, 2.24) is 0 Å². The maximum atomic E-state index is 10.5. The van der Waals surface area contributed by atoms with Crippen molar-refractivity contribution in [3.8, 4) is 0 Å². The van der Waals surface area contributed by atoms with E-state index in [1.807, 2.05) is 0 Å². The molecule has 1 rings (SSSR count). The summed E-state index contributed by atoms with van der Waals surface area (Å²) in [4.78, 5) is 14.7. The Hall–Kier alpha value is -0.690. The summed E-state index contributed by atoms with van der Waals surface area (Å²) in [5, 5.41) is 17.9. The minimum atomic E-state index is -1.48. The van der Waals surface area contributed by atoms with Crippen molar-refractivity contribution in [3.05, 3.63) is 0 Å². The first-order valence-electron chi connectivity index (χ1n) is 3.05. The standard InChI is InChI=1S/C5H9NO5/c6-10-1-2-3(7)4(8)5(9)11-2/h2-4,7-8H,1,6H2/t2-,3-,4-/m1/s1. The van der Waals surface area contributed by atoms with Gasteiger partial charge in [-0.3, -0.25) is 0 Å². The van der Waals surface area contributed by atoms with Crippen molar-refractivity contribution in [1.29, 1.82) is 0 Å². The summed E-state index contributed by atoms with van der Waals surface area (Å²) in [5.74, 6) is 3.83. The fraction of sp³-hybridized carbons (Fsp3) is 0.800. The molecule has 11 heavy (non-hydrogen) atoms. The Kier molecular flexibility index (Phi) is 2.40. The van der Waals surface area contributed by atoms with Crippen molar-refractivity contribution in [2.75, 3.05) is 6.61 Å². The van der Waals surface area contributed by atoms with E-state index in [0.717, 1.165) is 0 Å². The molecule has 1 saturated heterocycles. The van der Waals surface area contributed by atoms with Crippen LogP contribution in [0.1, 0.15) is 0 Å². The van der Waals surface area contributed by atoms with E-state index in [0.29, 0.717) is 0 Å². The summed E-state index contributed by atoms with van der Waals surface area (Å²) >= 11 is 0. The largest absolute Gasteiger partial charge is 0.455 e. The number of aliphatic hydroxyl groups excluding tert-OH is 2. The quantitative estimate of drug-likeness (QED) is 0.308. The number of carbonyl (C=O) groups excluding carboxylic acids is 1. The first kappa shape index (κ1) is 8.41. The highest BCUT2D eigenvalue weighted by atomic mass is 16.6. The van der Waals surface area contributed by atoms with E-state index >= 15 is 0 Å². The molecule has 1 fully saturated rings. The normalized spacial score (nSPS) is 37.4. The average molecular weight is 163 g/mol. The maximum Gasteiger partial charge on any atom is 0.338 e. The Morgan fingerprint density at radius 2 is 2.27 bits per heavy atom. The molecule has 0 bridgehead atoms. The van der Waals surface area contributed by atoms with Crippen LogP contribution in [0, 0.1) is 0 Å². The van der Waals surface area contributed by atoms with Crippen molar-refractivity contribution >= 4 is 5.97 Å². The zero-order valence-corrected chi connectivity index (χ0v) is 5.64. The van der Waals surface area contributed by atoms with Crippen molar-refractivity contribution in [2.45, 2.75) is 18.3 Å². The van der Waals surface area contributed by atoms with Gasteiger partial charge in [-0.25, -0.2) is 10.7 Å². The molecule has 0 aliphatic carbocycles. The van der Waals surface area contributed by atoms with E-state index in [1.165, 1.54) is 0 Å². The highest BCUT2D eigenvalue weighted by Gasteiger charge is 2.42. The van der Waals surface area contributed by atoms with Crippen LogP contribution in [0.25, 0.3) is 0 Å². The molecule has 6 nitrogen and oxygen atoms in total.